The van der Waals surface area contributed by atoms with Crippen LogP contribution in [-0.4, -0.2) is 5.33 Å². The molecule has 0 amide bonds. The van der Waals surface area contributed by atoms with E-state index in [4.69, 9.17) is 0 Å². The second kappa shape index (κ2) is 3.85. The Morgan fingerprint density at radius 2 is 2.07 bits per heavy atom. The van der Waals surface area contributed by atoms with E-state index >= 15 is 0 Å². The quantitative estimate of drug-likeness (QED) is 0.686. The fourth-order valence-electron chi connectivity index (χ4n) is 2.40. The molecule has 2 rings (SSSR count). The number of hydrogen-bond acceptors (Lipinski definition) is 0. The summed E-state index contributed by atoms with van der Waals surface area (Å²) >= 11 is 6.69. The molecule has 0 heterocycles. The molecule has 0 aliphatic heterocycles. The largest absolute Gasteiger partial charge is 0.206 e. The van der Waals surface area contributed by atoms with Gasteiger partial charge in [0.25, 0.3) is 0 Å². The maximum atomic E-state index is 13.4. The first-order valence-corrected chi connectivity index (χ1v) is 6.91. The molecule has 3 heteroatoms. The van der Waals surface area contributed by atoms with Crippen molar-refractivity contribution in [2.45, 2.75) is 19.8 Å². The number of hydrogen-bond donors (Lipinski definition) is 0. The van der Waals surface area contributed by atoms with Gasteiger partial charge in [0.2, 0.25) is 0 Å². The van der Waals surface area contributed by atoms with E-state index in [1.165, 1.54) is 0 Å². The topological polar surface area (TPSA) is 0 Å². The minimum absolute atomic E-state index is 0.163. The van der Waals surface area contributed by atoms with E-state index in [1.807, 2.05) is 6.07 Å². The summed E-state index contributed by atoms with van der Waals surface area (Å²) in [4.78, 5) is 0. The summed E-state index contributed by atoms with van der Waals surface area (Å²) in [7, 11) is 0. The third-order valence-corrected chi connectivity index (χ3v) is 4.86. The van der Waals surface area contributed by atoms with Crippen molar-refractivity contribution in [1.29, 1.82) is 0 Å². The van der Waals surface area contributed by atoms with Crippen LogP contribution in [0.25, 0.3) is 0 Å². The minimum atomic E-state index is -0.163. The van der Waals surface area contributed by atoms with Crippen LogP contribution in [0.15, 0.2) is 22.7 Å². The number of benzene rings is 1. The van der Waals surface area contributed by atoms with Gasteiger partial charge in [-0.05, 0) is 50.9 Å². The highest BCUT2D eigenvalue weighted by atomic mass is 79.9. The molecule has 0 nitrogen and oxygen atoms in total. The van der Waals surface area contributed by atoms with E-state index in [9.17, 15) is 4.39 Å². The Bertz CT molecular complexity index is 387. The van der Waals surface area contributed by atoms with Crippen molar-refractivity contribution in [3.8, 4) is 0 Å². The highest BCUT2D eigenvalue weighted by Crippen LogP contribution is 2.64. The Morgan fingerprint density at radius 3 is 2.53 bits per heavy atom. The van der Waals surface area contributed by atoms with E-state index < -0.39 is 0 Å². The predicted molar refractivity (Wildman–Crippen MR) is 67.9 cm³/mol. The van der Waals surface area contributed by atoms with Crippen LogP contribution in [0.4, 0.5) is 4.39 Å². The Morgan fingerprint density at radius 1 is 1.40 bits per heavy atom. The van der Waals surface area contributed by atoms with Crippen LogP contribution in [0.5, 0.6) is 0 Å². The van der Waals surface area contributed by atoms with E-state index in [0.29, 0.717) is 21.7 Å². The second-order valence-electron chi connectivity index (χ2n) is 4.73. The molecule has 1 fully saturated rings. The highest BCUT2D eigenvalue weighted by Gasteiger charge is 2.57. The van der Waals surface area contributed by atoms with Crippen molar-refractivity contribution in [3.05, 3.63) is 34.1 Å². The lowest BCUT2D eigenvalue weighted by molar-refractivity contribution is 0.577. The lowest BCUT2D eigenvalue weighted by Gasteiger charge is -2.04. The van der Waals surface area contributed by atoms with Crippen LogP contribution in [0.1, 0.15) is 25.3 Å². The molecule has 0 radical (unpaired) electrons. The lowest BCUT2D eigenvalue weighted by atomic mass is 10.0. The molecule has 1 aliphatic carbocycles. The Kier molecular flexibility index (Phi) is 2.97. The summed E-state index contributed by atoms with van der Waals surface area (Å²) in [6, 6.07) is 5.46. The van der Waals surface area contributed by atoms with Crippen molar-refractivity contribution in [3.63, 3.8) is 0 Å². The first-order chi connectivity index (χ1) is 6.98. The van der Waals surface area contributed by atoms with E-state index in [1.54, 1.807) is 12.1 Å². The summed E-state index contributed by atoms with van der Waals surface area (Å²) in [6.45, 7) is 4.48. The Labute approximate surface area is 107 Å². The molecular formula is C12H13Br2F. The number of rotatable bonds is 2. The monoisotopic (exact) mass is 334 g/mol. The Hall–Kier alpha value is 0.110. The molecule has 15 heavy (non-hydrogen) atoms. The van der Waals surface area contributed by atoms with Gasteiger partial charge in [-0.15, -0.1) is 0 Å². The summed E-state index contributed by atoms with van der Waals surface area (Å²) < 4.78 is 13.9. The van der Waals surface area contributed by atoms with Gasteiger partial charge in [0.05, 0.1) is 4.47 Å². The van der Waals surface area contributed by atoms with Crippen LogP contribution in [0, 0.1) is 17.2 Å². The van der Waals surface area contributed by atoms with E-state index in [-0.39, 0.29) is 5.82 Å². The zero-order chi connectivity index (χ0) is 11.2. The van der Waals surface area contributed by atoms with Gasteiger partial charge in [-0.2, -0.15) is 0 Å². The fraction of sp³-hybridized carbons (Fsp3) is 0.500. The summed E-state index contributed by atoms with van der Waals surface area (Å²) in [5.74, 6) is 0.945. The van der Waals surface area contributed by atoms with Gasteiger partial charge in [0.15, 0.2) is 0 Å². The van der Waals surface area contributed by atoms with Crippen LogP contribution in [0.3, 0.4) is 0 Å². The first-order valence-electron chi connectivity index (χ1n) is 4.99. The summed E-state index contributed by atoms with van der Waals surface area (Å²) in [5, 5.41) is 0.988. The fourth-order valence-corrected chi connectivity index (χ4v) is 3.85. The molecule has 0 N–H and O–H groups in total. The maximum Gasteiger partial charge on any atom is 0.137 e. The molecule has 1 aliphatic rings. The lowest BCUT2D eigenvalue weighted by Crippen LogP contribution is -1.91. The normalized spacial score (nSPS) is 27.8. The maximum absolute atomic E-state index is 13.4. The third kappa shape index (κ3) is 1.89. The standard InChI is InChI=1S/C12H13Br2F/c1-12(2)8(6-13)11(12)7-3-4-9(14)10(15)5-7/h3-5,8,11H,6H2,1-2H3. The predicted octanol–water partition coefficient (Wildman–Crippen LogP) is 4.72. The Balaban J connectivity index is 2.29. The van der Waals surface area contributed by atoms with Crippen LogP contribution in [-0.2, 0) is 0 Å². The van der Waals surface area contributed by atoms with Crippen molar-refractivity contribution < 1.29 is 4.39 Å². The van der Waals surface area contributed by atoms with Gasteiger partial charge in [0.1, 0.15) is 5.82 Å². The smallest absolute Gasteiger partial charge is 0.137 e. The van der Waals surface area contributed by atoms with Gasteiger partial charge in [-0.1, -0.05) is 35.8 Å². The molecule has 2 unspecified atom stereocenters. The zero-order valence-electron chi connectivity index (χ0n) is 8.73. The van der Waals surface area contributed by atoms with Gasteiger partial charge >= 0.3 is 0 Å². The molecule has 1 aromatic rings. The molecular weight excluding hydrogens is 323 g/mol. The van der Waals surface area contributed by atoms with Crippen molar-refractivity contribution in [1.82, 2.24) is 0 Å². The minimum Gasteiger partial charge on any atom is -0.206 e. The zero-order valence-corrected chi connectivity index (χ0v) is 11.9. The van der Waals surface area contributed by atoms with Crippen molar-refractivity contribution >= 4 is 31.9 Å². The third-order valence-electron chi connectivity index (χ3n) is 3.52. The average Bonchev–Trinajstić information content (AvgIpc) is 2.73. The first kappa shape index (κ1) is 11.6. The van der Waals surface area contributed by atoms with Crippen LogP contribution < -0.4 is 0 Å². The molecule has 1 saturated carbocycles. The number of halogens is 3. The second-order valence-corrected chi connectivity index (χ2v) is 6.24. The van der Waals surface area contributed by atoms with E-state index in [0.717, 1.165) is 10.9 Å². The SMILES string of the molecule is CC1(C)C(CBr)C1c1ccc(Br)c(F)c1. The van der Waals surface area contributed by atoms with E-state index in [2.05, 4.69) is 45.7 Å². The summed E-state index contributed by atoms with van der Waals surface area (Å²) in [6.07, 6.45) is 0. The molecule has 0 spiro atoms. The van der Waals surface area contributed by atoms with Gasteiger partial charge < -0.3 is 0 Å². The van der Waals surface area contributed by atoms with Gasteiger partial charge in [-0.3, -0.25) is 0 Å². The summed E-state index contributed by atoms with van der Waals surface area (Å²) in [5.41, 5.74) is 1.41. The molecule has 2 atom stereocenters. The van der Waals surface area contributed by atoms with Crippen LogP contribution in [0.2, 0.25) is 0 Å². The van der Waals surface area contributed by atoms with Gasteiger partial charge in [-0.25, -0.2) is 4.39 Å². The van der Waals surface area contributed by atoms with Crippen LogP contribution >= 0.6 is 31.9 Å². The van der Waals surface area contributed by atoms with Crippen molar-refractivity contribution in [2.75, 3.05) is 5.33 Å². The highest BCUT2D eigenvalue weighted by molar-refractivity contribution is 9.10. The average molecular weight is 336 g/mol. The molecule has 0 bridgehead atoms. The molecule has 0 saturated heterocycles. The molecule has 82 valence electrons. The van der Waals surface area contributed by atoms with Crippen molar-refractivity contribution in [2.24, 2.45) is 11.3 Å². The number of alkyl halides is 1. The van der Waals surface area contributed by atoms with Gasteiger partial charge in [0, 0.05) is 5.33 Å². The molecule has 0 aromatic heterocycles. The molecule has 1 aromatic carbocycles.